The molecule has 0 heterocycles. The minimum absolute atomic E-state index is 0.216. The second kappa shape index (κ2) is 7.14. The van der Waals surface area contributed by atoms with Crippen LogP contribution >= 0.6 is 0 Å². The van der Waals surface area contributed by atoms with E-state index < -0.39 is 13.9 Å². The SMILES string of the molecule is CN(C(=O)OC(C)(C)C)C1CCC(O[Si](C)(C)C(C)(C)C)CC1. The average Bonchev–Trinajstić information content (AvgIpc) is 2.35. The van der Waals surface area contributed by atoms with Gasteiger partial charge in [-0.2, -0.15) is 0 Å². The highest BCUT2D eigenvalue weighted by molar-refractivity contribution is 6.74. The lowest BCUT2D eigenvalue weighted by molar-refractivity contribution is 0.0131. The average molecular weight is 344 g/mol. The first-order chi connectivity index (χ1) is 10.2. The zero-order valence-electron chi connectivity index (χ0n) is 16.7. The second-order valence-electron chi connectivity index (χ2n) is 9.40. The number of carbonyl (C=O) groups excluding carboxylic acids is 1. The maximum atomic E-state index is 12.2. The summed E-state index contributed by atoms with van der Waals surface area (Å²) in [4.78, 5) is 14.0. The predicted octanol–water partition coefficient (Wildman–Crippen LogP) is 5.19. The number of hydrogen-bond donors (Lipinski definition) is 0. The maximum absolute atomic E-state index is 12.2. The van der Waals surface area contributed by atoms with E-state index in [0.29, 0.717) is 6.10 Å². The van der Waals surface area contributed by atoms with E-state index in [1.807, 2.05) is 27.8 Å². The van der Waals surface area contributed by atoms with Gasteiger partial charge in [0.2, 0.25) is 0 Å². The fourth-order valence-corrected chi connectivity index (χ4v) is 4.05. The first-order valence-corrected chi connectivity index (χ1v) is 11.8. The normalized spacial score (nSPS) is 23.5. The van der Waals surface area contributed by atoms with Crippen LogP contribution in [0.25, 0.3) is 0 Å². The van der Waals surface area contributed by atoms with Gasteiger partial charge in [0.1, 0.15) is 5.60 Å². The summed E-state index contributed by atoms with van der Waals surface area (Å²) < 4.78 is 12.0. The molecule has 0 aromatic rings. The largest absolute Gasteiger partial charge is 0.444 e. The van der Waals surface area contributed by atoms with E-state index in [4.69, 9.17) is 9.16 Å². The van der Waals surface area contributed by atoms with E-state index >= 15 is 0 Å². The predicted molar refractivity (Wildman–Crippen MR) is 98.3 cm³/mol. The van der Waals surface area contributed by atoms with Crippen LogP contribution in [0.2, 0.25) is 18.1 Å². The van der Waals surface area contributed by atoms with Crippen LogP contribution in [0.15, 0.2) is 0 Å². The van der Waals surface area contributed by atoms with Crippen LogP contribution < -0.4 is 0 Å². The third-order valence-corrected chi connectivity index (χ3v) is 9.68. The number of nitrogens with zero attached hydrogens (tertiary/aromatic N) is 1. The van der Waals surface area contributed by atoms with Crippen molar-refractivity contribution in [3.8, 4) is 0 Å². The quantitative estimate of drug-likeness (QED) is 0.662. The highest BCUT2D eigenvalue weighted by Gasteiger charge is 2.40. The van der Waals surface area contributed by atoms with E-state index in [-0.39, 0.29) is 17.2 Å². The van der Waals surface area contributed by atoms with Gasteiger partial charge in [-0.05, 0) is 64.6 Å². The lowest BCUT2D eigenvalue weighted by Crippen LogP contribution is -2.47. The second-order valence-corrected chi connectivity index (χ2v) is 14.2. The molecule has 0 bridgehead atoms. The van der Waals surface area contributed by atoms with Crippen LogP contribution in [0.5, 0.6) is 0 Å². The summed E-state index contributed by atoms with van der Waals surface area (Å²) in [6, 6.07) is 0.268. The first kappa shape index (κ1) is 20.5. The highest BCUT2D eigenvalue weighted by atomic mass is 28.4. The molecule has 1 fully saturated rings. The smallest absolute Gasteiger partial charge is 0.410 e. The molecule has 136 valence electrons. The topological polar surface area (TPSA) is 38.8 Å². The third kappa shape index (κ3) is 6.11. The molecule has 0 radical (unpaired) electrons. The molecule has 1 aliphatic rings. The van der Waals surface area contributed by atoms with Crippen molar-refractivity contribution in [1.82, 2.24) is 4.90 Å². The Morgan fingerprint density at radius 3 is 1.87 bits per heavy atom. The van der Waals surface area contributed by atoms with Gasteiger partial charge in [0.25, 0.3) is 0 Å². The minimum atomic E-state index is -1.70. The number of rotatable bonds is 3. The molecule has 0 saturated heterocycles. The molecule has 23 heavy (non-hydrogen) atoms. The summed E-state index contributed by atoms with van der Waals surface area (Å²) in [6.07, 6.45) is 4.18. The molecule has 1 rings (SSSR count). The summed E-state index contributed by atoms with van der Waals surface area (Å²) in [5, 5.41) is 0.247. The lowest BCUT2D eigenvalue weighted by Gasteiger charge is -2.42. The van der Waals surface area contributed by atoms with Gasteiger partial charge in [0.15, 0.2) is 8.32 Å². The summed E-state index contributed by atoms with van der Waals surface area (Å²) in [7, 11) is 0.155. The van der Waals surface area contributed by atoms with Crippen LogP contribution in [0, 0.1) is 0 Å². The number of hydrogen-bond acceptors (Lipinski definition) is 3. The molecule has 0 aromatic carbocycles. The zero-order chi connectivity index (χ0) is 18.1. The van der Waals surface area contributed by atoms with E-state index in [1.165, 1.54) is 0 Å². The van der Waals surface area contributed by atoms with Gasteiger partial charge in [-0.3, -0.25) is 0 Å². The van der Waals surface area contributed by atoms with Crippen molar-refractivity contribution in [3.63, 3.8) is 0 Å². The van der Waals surface area contributed by atoms with Gasteiger partial charge in [0.05, 0.1) is 0 Å². The lowest BCUT2D eigenvalue weighted by atomic mass is 9.92. The standard InChI is InChI=1S/C18H37NO3Si/c1-17(2,3)21-16(20)19(7)14-10-12-15(13-11-14)22-23(8,9)18(4,5)6/h14-15H,10-13H2,1-9H3. The molecule has 0 atom stereocenters. The van der Waals surface area contributed by atoms with E-state index in [1.54, 1.807) is 4.90 Å². The Bertz CT molecular complexity index is 401. The Morgan fingerprint density at radius 1 is 1.00 bits per heavy atom. The van der Waals surface area contributed by atoms with Crippen molar-refractivity contribution >= 4 is 14.4 Å². The fourth-order valence-electron chi connectivity index (χ4n) is 2.63. The van der Waals surface area contributed by atoms with Gasteiger partial charge < -0.3 is 14.1 Å². The molecule has 0 aliphatic heterocycles. The minimum Gasteiger partial charge on any atom is -0.444 e. The van der Waals surface area contributed by atoms with E-state index in [0.717, 1.165) is 25.7 Å². The third-order valence-electron chi connectivity index (χ3n) is 5.14. The Balaban J connectivity index is 2.51. The Labute approximate surface area is 144 Å². The number of ether oxygens (including phenoxy) is 1. The molecule has 1 saturated carbocycles. The molecule has 1 aliphatic carbocycles. The summed E-state index contributed by atoms with van der Waals surface area (Å²) in [6.45, 7) is 17.2. The monoisotopic (exact) mass is 343 g/mol. The first-order valence-electron chi connectivity index (χ1n) is 8.86. The van der Waals surface area contributed by atoms with Gasteiger partial charge in [-0.25, -0.2) is 4.79 Å². The maximum Gasteiger partial charge on any atom is 0.410 e. The van der Waals surface area contributed by atoms with Crippen molar-refractivity contribution in [2.75, 3.05) is 7.05 Å². The molecule has 1 amide bonds. The zero-order valence-corrected chi connectivity index (χ0v) is 17.7. The molecule has 5 heteroatoms. The van der Waals surface area contributed by atoms with Gasteiger partial charge >= 0.3 is 6.09 Å². The summed E-state index contributed by atoms with van der Waals surface area (Å²) >= 11 is 0. The van der Waals surface area contributed by atoms with Crippen molar-refractivity contribution in [2.45, 2.75) is 103 Å². The van der Waals surface area contributed by atoms with Crippen molar-refractivity contribution in [3.05, 3.63) is 0 Å². The van der Waals surface area contributed by atoms with Gasteiger partial charge in [-0.1, -0.05) is 20.8 Å². The van der Waals surface area contributed by atoms with E-state index in [2.05, 4.69) is 33.9 Å². The molecular formula is C18H37NO3Si. The Kier molecular flexibility index (Phi) is 6.36. The molecule has 4 nitrogen and oxygen atoms in total. The molecule has 0 unspecified atom stereocenters. The van der Waals surface area contributed by atoms with Crippen molar-refractivity contribution in [1.29, 1.82) is 0 Å². The summed E-state index contributed by atoms with van der Waals surface area (Å²) in [5.74, 6) is 0. The molecule has 0 aromatic heterocycles. The fraction of sp³-hybridized carbons (Fsp3) is 0.944. The van der Waals surface area contributed by atoms with Crippen molar-refractivity contribution < 1.29 is 14.0 Å². The molecule has 0 N–H and O–H groups in total. The van der Waals surface area contributed by atoms with Crippen molar-refractivity contribution in [2.24, 2.45) is 0 Å². The van der Waals surface area contributed by atoms with Gasteiger partial charge in [0, 0.05) is 19.2 Å². The number of carbonyl (C=O) groups is 1. The van der Waals surface area contributed by atoms with Crippen LogP contribution in [0.4, 0.5) is 4.79 Å². The Morgan fingerprint density at radius 2 is 1.48 bits per heavy atom. The molecule has 0 spiro atoms. The molecular weight excluding hydrogens is 306 g/mol. The Hall–Kier alpha value is -0.553. The number of amides is 1. The van der Waals surface area contributed by atoms with Crippen LogP contribution in [0.3, 0.4) is 0 Å². The van der Waals surface area contributed by atoms with E-state index in [9.17, 15) is 4.79 Å². The van der Waals surface area contributed by atoms with Crippen LogP contribution in [0.1, 0.15) is 67.2 Å². The van der Waals surface area contributed by atoms with Crippen LogP contribution in [-0.4, -0.2) is 44.1 Å². The van der Waals surface area contributed by atoms with Crippen LogP contribution in [-0.2, 0) is 9.16 Å². The highest BCUT2D eigenvalue weighted by Crippen LogP contribution is 2.39. The summed E-state index contributed by atoms with van der Waals surface area (Å²) in [5.41, 5.74) is -0.437. The van der Waals surface area contributed by atoms with Gasteiger partial charge in [-0.15, -0.1) is 0 Å².